The summed E-state index contributed by atoms with van der Waals surface area (Å²) in [6.45, 7) is 2.41. The van der Waals surface area contributed by atoms with Gasteiger partial charge in [0, 0.05) is 3.57 Å². The molecular weight excluding hydrogens is 655 g/mol. The predicted octanol–water partition coefficient (Wildman–Crippen LogP) is 6.04. The molecule has 3 aromatic rings. The van der Waals surface area contributed by atoms with E-state index in [1.165, 1.54) is 18.1 Å². The molecule has 0 radical (unpaired) electrons. The second-order valence-corrected chi connectivity index (χ2v) is 10.4. The SMILES string of the molecule is CCc1ccc(N2C(=O)/C(=C/c3cc(Br)c(OCc4ccc(I)cc4)c(OC)c3)C(=O)NC2=S)cc1. The van der Waals surface area contributed by atoms with E-state index in [0.717, 1.165) is 21.1 Å². The molecule has 6 nitrogen and oxygen atoms in total. The summed E-state index contributed by atoms with van der Waals surface area (Å²) >= 11 is 11.1. The second kappa shape index (κ2) is 11.5. The van der Waals surface area contributed by atoms with Gasteiger partial charge in [0.05, 0.1) is 17.3 Å². The standard InChI is InChI=1S/C27H22BrIN2O4S/c1-3-16-6-10-20(11-7-16)31-26(33)21(25(32)30-27(31)36)12-18-13-22(28)24(23(14-18)34-2)35-15-17-4-8-19(29)9-5-17/h4-14H,3,15H2,1-2H3,(H,30,32,36)/b21-12+. The minimum Gasteiger partial charge on any atom is -0.493 e. The molecular formula is C27H22BrIN2O4S. The number of thiocarbonyl (C=S) groups is 1. The van der Waals surface area contributed by atoms with Crippen LogP contribution in [0.2, 0.25) is 0 Å². The molecule has 0 aliphatic carbocycles. The van der Waals surface area contributed by atoms with Gasteiger partial charge in [-0.1, -0.05) is 31.2 Å². The van der Waals surface area contributed by atoms with Crippen LogP contribution < -0.4 is 19.7 Å². The first-order chi connectivity index (χ1) is 17.3. The molecule has 36 heavy (non-hydrogen) atoms. The lowest BCUT2D eigenvalue weighted by Gasteiger charge is -2.29. The van der Waals surface area contributed by atoms with Crippen LogP contribution in [0.1, 0.15) is 23.6 Å². The van der Waals surface area contributed by atoms with Crippen molar-refractivity contribution >= 4 is 79.4 Å². The molecule has 4 rings (SSSR count). The molecule has 0 atom stereocenters. The van der Waals surface area contributed by atoms with E-state index in [4.69, 9.17) is 21.7 Å². The molecule has 0 saturated carbocycles. The van der Waals surface area contributed by atoms with E-state index < -0.39 is 11.8 Å². The fourth-order valence-electron chi connectivity index (χ4n) is 3.64. The van der Waals surface area contributed by atoms with E-state index in [-0.39, 0.29) is 10.7 Å². The fourth-order valence-corrected chi connectivity index (χ4v) is 4.85. The summed E-state index contributed by atoms with van der Waals surface area (Å²) in [5.74, 6) is -0.0629. The molecule has 184 valence electrons. The van der Waals surface area contributed by atoms with Gasteiger partial charge in [0.25, 0.3) is 11.8 Å². The number of hydrogen-bond donors (Lipinski definition) is 1. The largest absolute Gasteiger partial charge is 0.493 e. The molecule has 1 fully saturated rings. The van der Waals surface area contributed by atoms with E-state index >= 15 is 0 Å². The van der Waals surface area contributed by atoms with Gasteiger partial charge in [0.2, 0.25) is 0 Å². The van der Waals surface area contributed by atoms with E-state index in [2.05, 4.69) is 50.8 Å². The van der Waals surface area contributed by atoms with Gasteiger partial charge in [-0.05, 0) is 116 Å². The van der Waals surface area contributed by atoms with Crippen LogP contribution in [0.25, 0.3) is 6.08 Å². The van der Waals surface area contributed by atoms with Crippen LogP contribution in [-0.2, 0) is 22.6 Å². The first-order valence-electron chi connectivity index (χ1n) is 11.1. The topological polar surface area (TPSA) is 67.9 Å². The van der Waals surface area contributed by atoms with Crippen LogP contribution in [0.15, 0.2) is 70.7 Å². The fraction of sp³-hybridized carbons (Fsp3) is 0.148. The van der Waals surface area contributed by atoms with Gasteiger partial charge in [0.15, 0.2) is 16.6 Å². The lowest BCUT2D eigenvalue weighted by Crippen LogP contribution is -2.54. The summed E-state index contributed by atoms with van der Waals surface area (Å²) in [4.78, 5) is 27.4. The Kier molecular flexibility index (Phi) is 8.43. The maximum atomic E-state index is 13.3. The van der Waals surface area contributed by atoms with Crippen LogP contribution in [-0.4, -0.2) is 24.0 Å². The zero-order chi connectivity index (χ0) is 25.8. The third-order valence-corrected chi connectivity index (χ3v) is 7.16. The number of nitrogens with zero attached hydrogens (tertiary/aromatic N) is 1. The quantitative estimate of drug-likeness (QED) is 0.143. The van der Waals surface area contributed by atoms with Crippen LogP contribution in [0.3, 0.4) is 0 Å². The van der Waals surface area contributed by atoms with E-state index in [0.29, 0.717) is 33.8 Å². The first-order valence-corrected chi connectivity index (χ1v) is 13.3. The third-order valence-electron chi connectivity index (χ3n) is 5.56. The highest BCUT2D eigenvalue weighted by Gasteiger charge is 2.34. The van der Waals surface area contributed by atoms with Crippen molar-refractivity contribution in [1.82, 2.24) is 5.32 Å². The summed E-state index contributed by atoms with van der Waals surface area (Å²) in [5, 5.41) is 2.66. The number of aryl methyl sites for hydroxylation is 1. The first kappa shape index (κ1) is 26.3. The Morgan fingerprint density at radius 1 is 1.06 bits per heavy atom. The Labute approximate surface area is 236 Å². The number of halogens is 2. The maximum absolute atomic E-state index is 13.3. The van der Waals surface area contributed by atoms with Crippen molar-refractivity contribution < 1.29 is 19.1 Å². The highest BCUT2D eigenvalue weighted by molar-refractivity contribution is 14.1. The zero-order valence-corrected chi connectivity index (χ0v) is 24.1. The number of methoxy groups -OCH3 is 1. The summed E-state index contributed by atoms with van der Waals surface area (Å²) < 4.78 is 13.3. The zero-order valence-electron chi connectivity index (χ0n) is 19.5. The van der Waals surface area contributed by atoms with Crippen LogP contribution >= 0.6 is 50.7 Å². The highest BCUT2D eigenvalue weighted by atomic mass is 127. The molecule has 0 unspecified atom stereocenters. The van der Waals surface area contributed by atoms with Gasteiger partial charge < -0.3 is 9.47 Å². The molecule has 3 aromatic carbocycles. The van der Waals surface area contributed by atoms with E-state index in [9.17, 15) is 9.59 Å². The molecule has 2 amide bonds. The minimum atomic E-state index is -0.555. The van der Waals surface area contributed by atoms with Crippen LogP contribution in [0.4, 0.5) is 5.69 Å². The van der Waals surface area contributed by atoms with Crippen molar-refractivity contribution in [3.8, 4) is 11.5 Å². The second-order valence-electron chi connectivity index (χ2n) is 7.93. The van der Waals surface area contributed by atoms with E-state index in [1.807, 2.05) is 48.5 Å². The van der Waals surface area contributed by atoms with Crippen LogP contribution in [0.5, 0.6) is 11.5 Å². The Morgan fingerprint density at radius 2 is 1.72 bits per heavy atom. The number of amides is 2. The van der Waals surface area contributed by atoms with Crippen molar-refractivity contribution in [2.45, 2.75) is 20.0 Å². The van der Waals surface area contributed by atoms with Gasteiger partial charge in [0.1, 0.15) is 12.2 Å². The molecule has 1 N–H and O–H groups in total. The van der Waals surface area contributed by atoms with Gasteiger partial charge >= 0.3 is 0 Å². The lowest BCUT2D eigenvalue weighted by atomic mass is 10.1. The number of benzene rings is 3. The van der Waals surface area contributed by atoms with Crippen molar-refractivity contribution in [1.29, 1.82) is 0 Å². The molecule has 1 aliphatic rings. The van der Waals surface area contributed by atoms with Gasteiger partial charge in [-0.2, -0.15) is 0 Å². The summed E-state index contributed by atoms with van der Waals surface area (Å²) in [5.41, 5.74) is 3.29. The van der Waals surface area contributed by atoms with Crippen molar-refractivity contribution in [2.24, 2.45) is 0 Å². The van der Waals surface area contributed by atoms with Gasteiger partial charge in [-0.25, -0.2) is 0 Å². The number of carbonyl (C=O) groups is 2. The Morgan fingerprint density at radius 3 is 2.36 bits per heavy atom. The highest BCUT2D eigenvalue weighted by Crippen LogP contribution is 2.38. The van der Waals surface area contributed by atoms with Crippen LogP contribution in [0, 0.1) is 3.57 Å². The van der Waals surface area contributed by atoms with Gasteiger partial charge in [-0.3, -0.25) is 19.8 Å². The number of hydrogen-bond acceptors (Lipinski definition) is 5. The van der Waals surface area contributed by atoms with Crippen molar-refractivity contribution in [3.63, 3.8) is 0 Å². The molecule has 1 heterocycles. The molecule has 1 saturated heterocycles. The molecule has 0 spiro atoms. The average Bonchev–Trinajstić information content (AvgIpc) is 2.87. The van der Waals surface area contributed by atoms with E-state index in [1.54, 1.807) is 12.1 Å². The Bertz CT molecular complexity index is 1360. The predicted molar refractivity (Wildman–Crippen MR) is 156 cm³/mol. The molecule has 0 aromatic heterocycles. The smallest absolute Gasteiger partial charge is 0.270 e. The maximum Gasteiger partial charge on any atom is 0.270 e. The molecule has 9 heteroatoms. The van der Waals surface area contributed by atoms with Crippen molar-refractivity contribution in [2.75, 3.05) is 12.0 Å². The number of ether oxygens (including phenoxy) is 2. The average molecular weight is 677 g/mol. The Hall–Kier alpha value is -2.76. The number of anilines is 1. The molecule has 0 bridgehead atoms. The normalized spacial score (nSPS) is 14.7. The summed E-state index contributed by atoms with van der Waals surface area (Å²) in [6.07, 6.45) is 2.39. The monoisotopic (exact) mass is 676 g/mol. The number of rotatable bonds is 7. The van der Waals surface area contributed by atoms with Crippen molar-refractivity contribution in [3.05, 3.63) is 91.0 Å². The summed E-state index contributed by atoms with van der Waals surface area (Å²) in [7, 11) is 1.54. The lowest BCUT2D eigenvalue weighted by molar-refractivity contribution is -0.122. The van der Waals surface area contributed by atoms with Gasteiger partial charge in [-0.15, -0.1) is 0 Å². The number of nitrogens with one attached hydrogen (secondary N) is 1. The number of carbonyl (C=O) groups excluding carboxylic acids is 2. The minimum absolute atomic E-state index is 0.0373. The molecule has 1 aliphatic heterocycles. The summed E-state index contributed by atoms with van der Waals surface area (Å²) in [6, 6.07) is 19.0. The Balaban J connectivity index is 1.62. The third kappa shape index (κ3) is 5.79.